The third-order valence-electron chi connectivity index (χ3n) is 5.18. The van der Waals surface area contributed by atoms with Crippen LogP contribution in [0.5, 0.6) is 0 Å². The number of ketones is 2. The summed E-state index contributed by atoms with van der Waals surface area (Å²) in [6, 6.07) is 5.47. The van der Waals surface area contributed by atoms with Crippen molar-refractivity contribution in [1.29, 1.82) is 0 Å². The van der Waals surface area contributed by atoms with Gasteiger partial charge in [0.15, 0.2) is 11.6 Å². The van der Waals surface area contributed by atoms with Crippen LogP contribution in [0.3, 0.4) is 0 Å². The van der Waals surface area contributed by atoms with Gasteiger partial charge in [0.05, 0.1) is 16.3 Å². The fourth-order valence-electron chi connectivity index (χ4n) is 3.56. The number of H-pyrrole nitrogens is 1. The second kappa shape index (κ2) is 9.22. The lowest BCUT2D eigenvalue weighted by Crippen LogP contribution is -2.42. The summed E-state index contributed by atoms with van der Waals surface area (Å²) in [5.41, 5.74) is -0.281. The number of piperidine rings is 1. The average Bonchev–Trinajstić information content (AvgIpc) is 3.17. The first-order valence-electron chi connectivity index (χ1n) is 10.2. The van der Waals surface area contributed by atoms with Gasteiger partial charge < -0.3 is 14.6 Å². The first kappa shape index (κ1) is 23.0. The number of hydrogen-bond acceptors (Lipinski definition) is 4. The third kappa shape index (κ3) is 5.73. The highest BCUT2D eigenvalue weighted by Gasteiger charge is 2.28. The van der Waals surface area contributed by atoms with E-state index in [1.165, 1.54) is 30.5 Å². The summed E-state index contributed by atoms with van der Waals surface area (Å²) in [6.45, 7) is 6.55. The fourth-order valence-corrected chi connectivity index (χ4v) is 3.81. The largest absolute Gasteiger partial charge is 0.444 e. The Bertz CT molecular complexity index is 967. The Labute approximate surface area is 185 Å². The molecule has 0 unspecified atom stereocenters. The first-order valence-corrected chi connectivity index (χ1v) is 10.6. The highest BCUT2D eigenvalue weighted by Crippen LogP contribution is 2.26. The molecule has 1 fully saturated rings. The number of nitrogens with zero attached hydrogens (tertiary/aromatic N) is 1. The highest BCUT2D eigenvalue weighted by atomic mass is 35.5. The highest BCUT2D eigenvalue weighted by molar-refractivity contribution is 6.35. The number of aromatic amines is 1. The van der Waals surface area contributed by atoms with Crippen LogP contribution in [-0.2, 0) is 4.74 Å². The van der Waals surface area contributed by atoms with E-state index in [9.17, 15) is 18.8 Å². The summed E-state index contributed by atoms with van der Waals surface area (Å²) in [5.74, 6) is -1.28. The van der Waals surface area contributed by atoms with Crippen LogP contribution in [0, 0.1) is 11.7 Å². The smallest absolute Gasteiger partial charge is 0.410 e. The molecule has 166 valence electrons. The molecule has 1 amide bonds. The molecule has 0 atom stereocenters. The summed E-state index contributed by atoms with van der Waals surface area (Å²) < 4.78 is 19.4. The predicted octanol–water partition coefficient (Wildman–Crippen LogP) is 5.26. The van der Waals surface area contributed by atoms with Crippen LogP contribution in [0.15, 0.2) is 30.5 Å². The fraction of sp³-hybridized carbons (Fsp3) is 0.435. The zero-order valence-corrected chi connectivity index (χ0v) is 18.6. The quantitative estimate of drug-likeness (QED) is 0.633. The van der Waals surface area contributed by atoms with Gasteiger partial charge >= 0.3 is 6.09 Å². The van der Waals surface area contributed by atoms with E-state index in [0.29, 0.717) is 38.0 Å². The molecular formula is C23H26ClFN2O4. The van der Waals surface area contributed by atoms with Crippen molar-refractivity contribution in [1.82, 2.24) is 9.88 Å². The van der Waals surface area contributed by atoms with Gasteiger partial charge in [-0.05, 0) is 57.7 Å². The maximum Gasteiger partial charge on any atom is 0.410 e. The lowest BCUT2D eigenvalue weighted by molar-refractivity contribution is 0.0183. The molecular weight excluding hydrogens is 423 g/mol. The minimum Gasteiger partial charge on any atom is -0.444 e. The molecule has 1 aliphatic heterocycles. The summed E-state index contributed by atoms with van der Waals surface area (Å²) >= 11 is 5.97. The molecule has 0 aliphatic carbocycles. The predicted molar refractivity (Wildman–Crippen MR) is 115 cm³/mol. The van der Waals surface area contributed by atoms with E-state index in [0.717, 1.165) is 0 Å². The summed E-state index contributed by atoms with van der Waals surface area (Å²) in [5, 5.41) is 0.0239. The number of aromatic nitrogens is 1. The summed E-state index contributed by atoms with van der Waals surface area (Å²) in [7, 11) is 0. The van der Waals surface area contributed by atoms with Crippen LogP contribution in [0.25, 0.3) is 0 Å². The van der Waals surface area contributed by atoms with Crippen molar-refractivity contribution in [2.24, 2.45) is 5.92 Å². The second-order valence-corrected chi connectivity index (χ2v) is 9.17. The standard InChI is InChI=1S/C23H26ClFN2O4/c1-23(2,3)31-22(30)27-9-7-14(8-10-27)11-19(28)18-12-15(13-26-18)21(29)20-16(24)5-4-6-17(20)25/h4-6,12-14,26H,7-11H2,1-3H3. The van der Waals surface area contributed by atoms with E-state index in [4.69, 9.17) is 16.3 Å². The minimum atomic E-state index is -0.705. The molecule has 31 heavy (non-hydrogen) atoms. The first-order chi connectivity index (χ1) is 14.5. The zero-order chi connectivity index (χ0) is 22.8. The number of Topliss-reactive ketones (excluding diaryl/α,β-unsaturated/α-hetero) is 1. The van der Waals surface area contributed by atoms with Gasteiger partial charge in [-0.3, -0.25) is 9.59 Å². The molecule has 8 heteroatoms. The van der Waals surface area contributed by atoms with E-state index in [-0.39, 0.29) is 33.9 Å². The van der Waals surface area contributed by atoms with Crippen LogP contribution >= 0.6 is 11.6 Å². The van der Waals surface area contributed by atoms with Gasteiger partial charge in [-0.25, -0.2) is 9.18 Å². The molecule has 1 aliphatic rings. The van der Waals surface area contributed by atoms with Crippen molar-refractivity contribution in [2.45, 2.75) is 45.6 Å². The maximum absolute atomic E-state index is 14.0. The summed E-state index contributed by atoms with van der Waals surface area (Å²) in [4.78, 5) is 41.9. The Balaban J connectivity index is 1.58. The minimum absolute atomic E-state index is 0.0239. The Kier molecular flexibility index (Phi) is 6.84. The van der Waals surface area contributed by atoms with Gasteiger partial charge in [-0.15, -0.1) is 0 Å². The van der Waals surface area contributed by atoms with Crippen molar-refractivity contribution in [3.8, 4) is 0 Å². The Morgan fingerprint density at radius 1 is 1.23 bits per heavy atom. The van der Waals surface area contributed by atoms with Crippen molar-refractivity contribution in [2.75, 3.05) is 13.1 Å². The molecule has 3 rings (SSSR count). The van der Waals surface area contributed by atoms with Crippen LogP contribution in [0.1, 0.15) is 66.4 Å². The number of nitrogens with one attached hydrogen (secondary N) is 1. The Morgan fingerprint density at radius 2 is 1.90 bits per heavy atom. The topological polar surface area (TPSA) is 79.5 Å². The van der Waals surface area contributed by atoms with Gasteiger partial charge in [-0.1, -0.05) is 17.7 Å². The third-order valence-corrected chi connectivity index (χ3v) is 5.49. The number of benzene rings is 1. The van der Waals surface area contributed by atoms with Gasteiger partial charge in [-0.2, -0.15) is 0 Å². The second-order valence-electron chi connectivity index (χ2n) is 8.77. The number of halogens is 2. The van der Waals surface area contributed by atoms with E-state index in [1.807, 2.05) is 20.8 Å². The van der Waals surface area contributed by atoms with E-state index >= 15 is 0 Å². The Morgan fingerprint density at radius 3 is 2.52 bits per heavy atom. The Hall–Kier alpha value is -2.67. The zero-order valence-electron chi connectivity index (χ0n) is 17.8. The SMILES string of the molecule is CC(C)(C)OC(=O)N1CCC(CC(=O)c2cc(C(=O)c3c(F)cccc3Cl)c[nH]2)CC1. The number of rotatable bonds is 5. The van der Waals surface area contributed by atoms with Crippen molar-refractivity contribution < 1.29 is 23.5 Å². The van der Waals surface area contributed by atoms with Crippen molar-refractivity contribution in [3.05, 3.63) is 58.1 Å². The van der Waals surface area contributed by atoms with E-state index < -0.39 is 17.2 Å². The molecule has 2 heterocycles. The van der Waals surface area contributed by atoms with Crippen LogP contribution in [-0.4, -0.2) is 46.2 Å². The van der Waals surface area contributed by atoms with Gasteiger partial charge in [0.25, 0.3) is 0 Å². The molecule has 1 saturated heterocycles. The number of likely N-dealkylation sites (tertiary alicyclic amines) is 1. The van der Waals surface area contributed by atoms with E-state index in [2.05, 4.69) is 4.98 Å². The average molecular weight is 449 g/mol. The molecule has 6 nitrogen and oxygen atoms in total. The van der Waals surface area contributed by atoms with Gasteiger partial charge in [0.2, 0.25) is 0 Å². The van der Waals surface area contributed by atoms with Crippen molar-refractivity contribution >= 4 is 29.3 Å². The molecule has 0 radical (unpaired) electrons. The van der Waals surface area contributed by atoms with Gasteiger partial charge in [0.1, 0.15) is 11.4 Å². The molecule has 0 bridgehead atoms. The maximum atomic E-state index is 14.0. The molecule has 2 aromatic rings. The number of amides is 1. The van der Waals surface area contributed by atoms with Crippen LogP contribution in [0.2, 0.25) is 5.02 Å². The normalized spacial score (nSPS) is 15.1. The molecule has 0 spiro atoms. The van der Waals surface area contributed by atoms with Crippen LogP contribution in [0.4, 0.5) is 9.18 Å². The molecule has 0 saturated carbocycles. The van der Waals surface area contributed by atoms with Crippen molar-refractivity contribution in [3.63, 3.8) is 0 Å². The lowest BCUT2D eigenvalue weighted by atomic mass is 9.91. The van der Waals surface area contributed by atoms with E-state index in [1.54, 1.807) is 4.90 Å². The van der Waals surface area contributed by atoms with Gasteiger partial charge in [0, 0.05) is 31.3 Å². The monoisotopic (exact) mass is 448 g/mol. The molecule has 1 aromatic carbocycles. The lowest BCUT2D eigenvalue weighted by Gasteiger charge is -2.33. The van der Waals surface area contributed by atoms with Crippen LogP contribution < -0.4 is 0 Å². The molecule has 1 aromatic heterocycles. The number of hydrogen-bond donors (Lipinski definition) is 1. The summed E-state index contributed by atoms with van der Waals surface area (Å²) in [6.07, 6.45) is 2.75. The number of carbonyl (C=O) groups excluding carboxylic acids is 3. The number of carbonyl (C=O) groups is 3. The number of ether oxygens (including phenoxy) is 1. The molecule has 1 N–H and O–H groups in total.